The Labute approximate surface area is 139 Å². The van der Waals surface area contributed by atoms with Gasteiger partial charge in [0.2, 0.25) is 6.79 Å². The molecule has 0 spiro atoms. The number of methoxy groups -OCH3 is 1. The van der Waals surface area contributed by atoms with E-state index in [1.807, 2.05) is 0 Å². The zero-order valence-corrected chi connectivity index (χ0v) is 13.2. The summed E-state index contributed by atoms with van der Waals surface area (Å²) in [6.45, 7) is 1.60. The predicted octanol–water partition coefficient (Wildman–Crippen LogP) is 1.91. The number of amides is 1. The summed E-state index contributed by atoms with van der Waals surface area (Å²) in [7, 11) is 1.66. The lowest BCUT2D eigenvalue weighted by Crippen LogP contribution is -2.15. The average Bonchev–Trinajstić information content (AvgIpc) is 3.07. The minimum Gasteiger partial charge on any atom is -0.454 e. The molecule has 3 rings (SSSR count). The number of hydrogen-bond donors (Lipinski definition) is 2. The Bertz CT molecular complexity index is 706. The highest BCUT2D eigenvalue weighted by atomic mass is 16.7. The topological polar surface area (TPSA) is 94.6 Å². The first-order valence-corrected chi connectivity index (χ1v) is 7.54. The van der Waals surface area contributed by atoms with Crippen molar-refractivity contribution in [2.75, 3.05) is 37.7 Å². The maximum atomic E-state index is 12.2. The molecule has 126 valence electrons. The van der Waals surface area contributed by atoms with E-state index >= 15 is 0 Å². The van der Waals surface area contributed by atoms with E-state index in [4.69, 9.17) is 14.2 Å². The molecule has 1 aliphatic heterocycles. The molecular weight excluding hydrogens is 312 g/mol. The molecule has 0 atom stereocenters. The third kappa shape index (κ3) is 3.90. The van der Waals surface area contributed by atoms with Crippen molar-refractivity contribution in [3.05, 3.63) is 36.0 Å². The number of aromatic nitrogens is 2. The van der Waals surface area contributed by atoms with Gasteiger partial charge in [0, 0.05) is 32.0 Å². The number of carbonyl (C=O) groups is 1. The highest BCUT2D eigenvalue weighted by Gasteiger charge is 2.15. The van der Waals surface area contributed by atoms with Crippen LogP contribution in [0.5, 0.6) is 11.5 Å². The summed E-state index contributed by atoms with van der Waals surface area (Å²) >= 11 is 0. The molecule has 0 aliphatic carbocycles. The van der Waals surface area contributed by atoms with E-state index in [1.54, 1.807) is 37.4 Å². The van der Waals surface area contributed by atoms with Crippen molar-refractivity contribution in [2.24, 2.45) is 0 Å². The molecule has 8 heteroatoms. The average molecular weight is 330 g/mol. The molecule has 8 nitrogen and oxygen atoms in total. The number of nitrogens with zero attached hydrogens (tertiary/aromatic N) is 2. The van der Waals surface area contributed by atoms with Gasteiger partial charge in [-0.05, 0) is 30.7 Å². The number of nitrogens with one attached hydrogen (secondary N) is 2. The van der Waals surface area contributed by atoms with Gasteiger partial charge in [0.15, 0.2) is 17.2 Å². The first-order valence-electron chi connectivity index (χ1n) is 7.54. The van der Waals surface area contributed by atoms with Gasteiger partial charge in [-0.15, -0.1) is 10.2 Å². The molecule has 0 bridgehead atoms. The Morgan fingerprint density at radius 1 is 1.21 bits per heavy atom. The molecule has 1 aromatic carbocycles. The summed E-state index contributed by atoms with van der Waals surface area (Å²) in [4.78, 5) is 12.2. The highest BCUT2D eigenvalue weighted by molar-refractivity contribution is 6.02. The lowest BCUT2D eigenvalue weighted by Gasteiger charge is -2.07. The van der Waals surface area contributed by atoms with Gasteiger partial charge in [-0.3, -0.25) is 4.79 Å². The molecule has 0 radical (unpaired) electrons. The fraction of sp³-hybridized carbons (Fsp3) is 0.312. The SMILES string of the molecule is COCCCNc1ccc(C(=O)Nc2ccc3c(c2)OCO3)nn1. The van der Waals surface area contributed by atoms with E-state index < -0.39 is 0 Å². The molecule has 1 amide bonds. The summed E-state index contributed by atoms with van der Waals surface area (Å²) in [5, 5.41) is 13.8. The normalized spacial score (nSPS) is 12.0. The molecule has 0 fully saturated rings. The summed E-state index contributed by atoms with van der Waals surface area (Å²) in [6, 6.07) is 8.53. The molecular formula is C16H18N4O4. The number of benzene rings is 1. The number of anilines is 2. The van der Waals surface area contributed by atoms with Crippen LogP contribution in [0.4, 0.5) is 11.5 Å². The molecule has 0 saturated carbocycles. The first kappa shape index (κ1) is 16.0. The van der Waals surface area contributed by atoms with Gasteiger partial charge in [-0.25, -0.2) is 0 Å². The van der Waals surface area contributed by atoms with Crippen molar-refractivity contribution in [1.29, 1.82) is 0 Å². The number of hydrogen-bond acceptors (Lipinski definition) is 7. The van der Waals surface area contributed by atoms with Crippen molar-refractivity contribution < 1.29 is 19.0 Å². The smallest absolute Gasteiger partial charge is 0.276 e. The third-order valence-electron chi connectivity index (χ3n) is 3.36. The Kier molecular flexibility index (Phi) is 5.07. The van der Waals surface area contributed by atoms with E-state index in [9.17, 15) is 4.79 Å². The fourth-order valence-electron chi connectivity index (χ4n) is 2.15. The molecule has 0 saturated heterocycles. The van der Waals surface area contributed by atoms with Crippen LogP contribution in [-0.4, -0.2) is 43.2 Å². The standard InChI is InChI=1S/C16H18N4O4/c1-22-8-2-7-17-15-6-4-12(19-20-15)16(21)18-11-3-5-13-14(9-11)24-10-23-13/h3-6,9H,2,7-8,10H2,1H3,(H,17,20)(H,18,21). The van der Waals surface area contributed by atoms with Crippen molar-refractivity contribution >= 4 is 17.4 Å². The number of ether oxygens (including phenoxy) is 3. The zero-order valence-electron chi connectivity index (χ0n) is 13.2. The quantitative estimate of drug-likeness (QED) is 0.749. The highest BCUT2D eigenvalue weighted by Crippen LogP contribution is 2.34. The monoisotopic (exact) mass is 330 g/mol. The van der Waals surface area contributed by atoms with Gasteiger partial charge in [-0.1, -0.05) is 0 Å². The maximum Gasteiger partial charge on any atom is 0.276 e. The molecule has 2 aromatic rings. The van der Waals surface area contributed by atoms with E-state index in [0.717, 1.165) is 13.0 Å². The van der Waals surface area contributed by atoms with Crippen LogP contribution in [0.1, 0.15) is 16.9 Å². The zero-order chi connectivity index (χ0) is 16.8. The van der Waals surface area contributed by atoms with Crippen molar-refractivity contribution in [3.63, 3.8) is 0 Å². The molecule has 1 aromatic heterocycles. The van der Waals surface area contributed by atoms with Crippen LogP contribution in [-0.2, 0) is 4.74 Å². The van der Waals surface area contributed by atoms with Crippen LogP contribution in [0.15, 0.2) is 30.3 Å². The Hall–Kier alpha value is -2.87. The second-order valence-corrected chi connectivity index (χ2v) is 5.10. The molecule has 1 aliphatic rings. The number of carbonyl (C=O) groups excluding carboxylic acids is 1. The lowest BCUT2D eigenvalue weighted by molar-refractivity contribution is 0.102. The van der Waals surface area contributed by atoms with E-state index in [2.05, 4.69) is 20.8 Å². The summed E-state index contributed by atoms with van der Waals surface area (Å²) in [5.74, 6) is 1.55. The predicted molar refractivity (Wildman–Crippen MR) is 87.5 cm³/mol. The van der Waals surface area contributed by atoms with E-state index in [0.29, 0.717) is 29.6 Å². The fourth-order valence-corrected chi connectivity index (χ4v) is 2.15. The minimum absolute atomic E-state index is 0.192. The number of fused-ring (bicyclic) bond motifs is 1. The first-order chi connectivity index (χ1) is 11.8. The Morgan fingerprint density at radius 3 is 2.88 bits per heavy atom. The summed E-state index contributed by atoms with van der Waals surface area (Å²) in [5.41, 5.74) is 0.836. The van der Waals surface area contributed by atoms with Crippen molar-refractivity contribution in [2.45, 2.75) is 6.42 Å². The van der Waals surface area contributed by atoms with Crippen molar-refractivity contribution in [3.8, 4) is 11.5 Å². The van der Waals surface area contributed by atoms with Gasteiger partial charge in [0.25, 0.3) is 5.91 Å². The summed E-state index contributed by atoms with van der Waals surface area (Å²) < 4.78 is 15.5. The van der Waals surface area contributed by atoms with Gasteiger partial charge in [0.05, 0.1) is 0 Å². The molecule has 2 heterocycles. The summed E-state index contributed by atoms with van der Waals surface area (Å²) in [6.07, 6.45) is 0.866. The third-order valence-corrected chi connectivity index (χ3v) is 3.36. The van der Waals surface area contributed by atoms with Crippen LogP contribution in [0, 0.1) is 0 Å². The van der Waals surface area contributed by atoms with Gasteiger partial charge in [-0.2, -0.15) is 0 Å². The Balaban J connectivity index is 1.57. The van der Waals surface area contributed by atoms with Crippen LogP contribution in [0.2, 0.25) is 0 Å². The molecule has 0 unspecified atom stereocenters. The molecule has 2 N–H and O–H groups in total. The Morgan fingerprint density at radius 2 is 2.08 bits per heavy atom. The molecule has 24 heavy (non-hydrogen) atoms. The minimum atomic E-state index is -0.340. The number of rotatable bonds is 7. The van der Waals surface area contributed by atoms with E-state index in [-0.39, 0.29) is 18.4 Å². The van der Waals surface area contributed by atoms with Crippen LogP contribution >= 0.6 is 0 Å². The van der Waals surface area contributed by atoms with Crippen LogP contribution in [0.3, 0.4) is 0 Å². The van der Waals surface area contributed by atoms with Gasteiger partial charge >= 0.3 is 0 Å². The van der Waals surface area contributed by atoms with Crippen molar-refractivity contribution in [1.82, 2.24) is 10.2 Å². The maximum absolute atomic E-state index is 12.2. The lowest BCUT2D eigenvalue weighted by atomic mass is 10.2. The second-order valence-electron chi connectivity index (χ2n) is 5.10. The van der Waals surface area contributed by atoms with Gasteiger partial charge < -0.3 is 24.8 Å². The van der Waals surface area contributed by atoms with Crippen LogP contribution in [0.25, 0.3) is 0 Å². The second kappa shape index (κ2) is 7.60. The van der Waals surface area contributed by atoms with Crippen LogP contribution < -0.4 is 20.1 Å². The van der Waals surface area contributed by atoms with E-state index in [1.165, 1.54) is 0 Å². The van der Waals surface area contributed by atoms with Gasteiger partial charge in [0.1, 0.15) is 5.82 Å². The largest absolute Gasteiger partial charge is 0.454 e.